The molecule has 0 saturated heterocycles. The summed E-state index contributed by atoms with van der Waals surface area (Å²) in [5.74, 6) is -1.02. The normalized spacial score (nSPS) is 13.7. The van der Waals surface area contributed by atoms with Crippen molar-refractivity contribution in [3.8, 4) is 0 Å². The molecule has 8 heteroatoms. The summed E-state index contributed by atoms with van der Waals surface area (Å²) < 4.78 is 13.1. The number of hydroxylamine groups is 1. The molecule has 0 spiro atoms. The quantitative estimate of drug-likeness (QED) is 0.757. The van der Waals surface area contributed by atoms with E-state index in [0.717, 1.165) is 18.4 Å². The van der Waals surface area contributed by atoms with Crippen LogP contribution in [0.3, 0.4) is 0 Å². The molecule has 0 radical (unpaired) electrons. The Morgan fingerprint density at radius 2 is 1.81 bits per heavy atom. The van der Waals surface area contributed by atoms with Crippen LogP contribution in [0.5, 0.6) is 0 Å². The molecule has 2 aromatic rings. The number of nitrogens with zero attached hydrogens (tertiary/aromatic N) is 2. The minimum atomic E-state index is -0.581. The van der Waals surface area contributed by atoms with Gasteiger partial charge in [0.2, 0.25) is 5.95 Å². The van der Waals surface area contributed by atoms with Crippen LogP contribution in [-0.4, -0.2) is 28.4 Å². The van der Waals surface area contributed by atoms with Gasteiger partial charge in [-0.3, -0.25) is 4.79 Å². The Hall–Kier alpha value is -3.03. The van der Waals surface area contributed by atoms with E-state index in [1.165, 1.54) is 24.5 Å². The minimum absolute atomic E-state index is 0.0995. The topological polar surface area (TPSA) is 93.2 Å². The number of amides is 1. The summed E-state index contributed by atoms with van der Waals surface area (Å²) in [7, 11) is 0. The molecule has 1 aliphatic carbocycles. The van der Waals surface area contributed by atoms with Gasteiger partial charge < -0.3 is 10.2 Å². The molecular weight excluding hydrogens is 351 g/mol. The SMILES string of the molecule is CC(C)(CNc1ncc(C(=O)NOC(=O)C2CC2)cn1)c1ccc(F)cc1. The van der Waals surface area contributed by atoms with Crippen LogP contribution < -0.4 is 10.8 Å². The van der Waals surface area contributed by atoms with Crippen LogP contribution in [0.4, 0.5) is 10.3 Å². The molecule has 0 bridgehead atoms. The second kappa shape index (κ2) is 7.69. The number of carbonyl (C=O) groups excluding carboxylic acids is 2. The fraction of sp³-hybridized carbons (Fsp3) is 0.368. The fourth-order valence-electron chi connectivity index (χ4n) is 2.40. The van der Waals surface area contributed by atoms with E-state index in [2.05, 4.69) is 20.8 Å². The second-order valence-electron chi connectivity index (χ2n) is 7.17. The highest BCUT2D eigenvalue weighted by Crippen LogP contribution is 2.29. The Morgan fingerprint density at radius 1 is 1.19 bits per heavy atom. The Balaban J connectivity index is 1.53. The third-order valence-electron chi connectivity index (χ3n) is 4.38. The molecule has 1 amide bonds. The minimum Gasteiger partial charge on any atom is -0.353 e. The molecule has 1 aromatic carbocycles. The summed E-state index contributed by atoms with van der Waals surface area (Å²) in [6, 6.07) is 6.34. The van der Waals surface area contributed by atoms with Gasteiger partial charge in [-0.25, -0.2) is 19.2 Å². The Bertz CT molecular complexity index is 818. The molecule has 142 valence electrons. The van der Waals surface area contributed by atoms with Crippen molar-refractivity contribution in [2.24, 2.45) is 5.92 Å². The molecule has 0 aliphatic heterocycles. The number of nitrogens with one attached hydrogen (secondary N) is 2. The average Bonchev–Trinajstić information content (AvgIpc) is 3.50. The van der Waals surface area contributed by atoms with Crippen molar-refractivity contribution in [3.05, 3.63) is 53.6 Å². The standard InChI is InChI=1S/C19H21FN4O3/c1-19(2,14-5-7-15(20)8-6-14)11-23-18-21-9-13(10-22-18)16(25)24-27-17(26)12-3-4-12/h5-10,12H,3-4,11H2,1-2H3,(H,24,25)(H,21,22,23). The maximum absolute atomic E-state index is 13.1. The number of carbonyl (C=O) groups is 2. The van der Waals surface area contributed by atoms with Gasteiger partial charge in [0.05, 0.1) is 11.5 Å². The molecule has 1 aliphatic rings. The predicted octanol–water partition coefficient (Wildman–Crippen LogP) is 2.60. The molecule has 3 rings (SSSR count). The maximum atomic E-state index is 13.1. The lowest BCUT2D eigenvalue weighted by molar-refractivity contribution is -0.150. The molecular formula is C19H21FN4O3. The Labute approximate surface area is 156 Å². The molecule has 1 aromatic heterocycles. The van der Waals surface area contributed by atoms with E-state index in [1.54, 1.807) is 12.1 Å². The molecule has 7 nitrogen and oxygen atoms in total. The first-order valence-electron chi connectivity index (χ1n) is 8.68. The highest BCUT2D eigenvalue weighted by molar-refractivity contribution is 5.93. The first-order chi connectivity index (χ1) is 12.8. The monoisotopic (exact) mass is 372 g/mol. The van der Waals surface area contributed by atoms with Crippen molar-refractivity contribution < 1.29 is 18.8 Å². The highest BCUT2D eigenvalue weighted by atomic mass is 19.1. The van der Waals surface area contributed by atoms with Gasteiger partial charge in [0.15, 0.2) is 0 Å². The van der Waals surface area contributed by atoms with Crippen LogP contribution in [-0.2, 0) is 15.0 Å². The third-order valence-corrected chi connectivity index (χ3v) is 4.38. The molecule has 0 atom stereocenters. The first-order valence-corrected chi connectivity index (χ1v) is 8.68. The van der Waals surface area contributed by atoms with Gasteiger partial charge in [-0.2, -0.15) is 5.48 Å². The fourth-order valence-corrected chi connectivity index (χ4v) is 2.40. The summed E-state index contributed by atoms with van der Waals surface area (Å²) in [4.78, 5) is 36.3. The summed E-state index contributed by atoms with van der Waals surface area (Å²) in [5, 5.41) is 3.10. The largest absolute Gasteiger partial charge is 0.353 e. The lowest BCUT2D eigenvalue weighted by Gasteiger charge is -2.25. The maximum Gasteiger partial charge on any atom is 0.335 e. The van der Waals surface area contributed by atoms with Gasteiger partial charge >= 0.3 is 5.97 Å². The first kappa shape index (κ1) is 18.8. The number of hydrogen-bond acceptors (Lipinski definition) is 6. The average molecular weight is 372 g/mol. The molecule has 0 unspecified atom stereocenters. The number of benzene rings is 1. The lowest BCUT2D eigenvalue weighted by atomic mass is 9.84. The van der Waals surface area contributed by atoms with E-state index in [0.29, 0.717) is 12.5 Å². The number of aromatic nitrogens is 2. The number of halogens is 1. The van der Waals surface area contributed by atoms with E-state index < -0.39 is 11.9 Å². The van der Waals surface area contributed by atoms with E-state index in [9.17, 15) is 14.0 Å². The molecule has 1 saturated carbocycles. The van der Waals surface area contributed by atoms with Crippen molar-refractivity contribution in [2.45, 2.75) is 32.1 Å². The van der Waals surface area contributed by atoms with Gasteiger partial charge in [0.25, 0.3) is 5.91 Å². The van der Waals surface area contributed by atoms with Gasteiger partial charge in [0.1, 0.15) is 5.82 Å². The van der Waals surface area contributed by atoms with Crippen molar-refractivity contribution in [1.82, 2.24) is 15.4 Å². The summed E-state index contributed by atoms with van der Waals surface area (Å²) in [5.41, 5.74) is 2.99. The highest BCUT2D eigenvalue weighted by Gasteiger charge is 2.32. The number of anilines is 1. The zero-order chi connectivity index (χ0) is 19.4. The predicted molar refractivity (Wildman–Crippen MR) is 96.2 cm³/mol. The smallest absolute Gasteiger partial charge is 0.335 e. The van der Waals surface area contributed by atoms with Crippen molar-refractivity contribution in [1.29, 1.82) is 0 Å². The summed E-state index contributed by atoms with van der Waals surface area (Å²) in [6.07, 6.45) is 4.29. The van der Waals surface area contributed by atoms with Crippen molar-refractivity contribution >= 4 is 17.8 Å². The van der Waals surface area contributed by atoms with Crippen LogP contribution in [0, 0.1) is 11.7 Å². The Kier molecular flexibility index (Phi) is 5.34. The molecule has 2 N–H and O–H groups in total. The van der Waals surface area contributed by atoms with Gasteiger partial charge in [-0.05, 0) is 30.5 Å². The van der Waals surface area contributed by atoms with Crippen LogP contribution in [0.2, 0.25) is 0 Å². The van der Waals surface area contributed by atoms with Crippen LogP contribution in [0.15, 0.2) is 36.7 Å². The number of rotatable bonds is 6. The second-order valence-corrected chi connectivity index (χ2v) is 7.17. The molecule has 27 heavy (non-hydrogen) atoms. The van der Waals surface area contributed by atoms with Crippen LogP contribution in [0.25, 0.3) is 0 Å². The van der Waals surface area contributed by atoms with E-state index in [4.69, 9.17) is 4.84 Å². The van der Waals surface area contributed by atoms with E-state index in [1.807, 2.05) is 13.8 Å². The van der Waals surface area contributed by atoms with Crippen molar-refractivity contribution in [3.63, 3.8) is 0 Å². The Morgan fingerprint density at radius 3 is 2.41 bits per heavy atom. The molecule has 1 fully saturated rings. The van der Waals surface area contributed by atoms with E-state index in [-0.39, 0.29) is 22.7 Å². The van der Waals surface area contributed by atoms with Crippen LogP contribution >= 0.6 is 0 Å². The zero-order valence-corrected chi connectivity index (χ0v) is 15.2. The third kappa shape index (κ3) is 4.99. The summed E-state index contributed by atoms with van der Waals surface area (Å²) >= 11 is 0. The van der Waals surface area contributed by atoms with Gasteiger partial charge in [0, 0.05) is 24.4 Å². The zero-order valence-electron chi connectivity index (χ0n) is 15.2. The molecule has 1 heterocycles. The van der Waals surface area contributed by atoms with Gasteiger partial charge in [-0.15, -0.1) is 0 Å². The van der Waals surface area contributed by atoms with Gasteiger partial charge in [-0.1, -0.05) is 26.0 Å². The lowest BCUT2D eigenvalue weighted by Crippen LogP contribution is -2.29. The van der Waals surface area contributed by atoms with E-state index >= 15 is 0 Å². The summed E-state index contributed by atoms with van der Waals surface area (Å²) in [6.45, 7) is 4.55. The number of hydrogen-bond donors (Lipinski definition) is 2. The van der Waals surface area contributed by atoms with Crippen molar-refractivity contribution in [2.75, 3.05) is 11.9 Å². The van der Waals surface area contributed by atoms with Crippen LogP contribution in [0.1, 0.15) is 42.6 Å².